The Hall–Kier alpha value is -3.14. The lowest BCUT2D eigenvalue weighted by molar-refractivity contribution is -0.152. The molecule has 0 heterocycles. The normalized spacial score (nSPS) is 13.2. The largest absolute Gasteiger partial charge is 0.508 e. The van der Waals surface area contributed by atoms with Crippen LogP contribution in [0.3, 0.4) is 0 Å². The van der Waals surface area contributed by atoms with Gasteiger partial charge in [-0.3, -0.25) is 14.4 Å². The average Bonchev–Trinajstić information content (AvgIpc) is 2.76. The summed E-state index contributed by atoms with van der Waals surface area (Å²) in [5, 5.41) is 0. The fourth-order valence-corrected chi connectivity index (χ4v) is 2.42. The third-order valence-electron chi connectivity index (χ3n) is 4.57. The van der Waals surface area contributed by atoms with Gasteiger partial charge >= 0.3 is 24.1 Å². The van der Waals surface area contributed by atoms with Gasteiger partial charge in [-0.1, -0.05) is 13.0 Å². The molecule has 0 bridgehead atoms. The summed E-state index contributed by atoms with van der Waals surface area (Å²) in [5.74, 6) is -1.61. The molecule has 0 saturated carbocycles. The maximum Gasteiger partial charge on any atom is 0.508 e. The van der Waals surface area contributed by atoms with Gasteiger partial charge in [0.15, 0.2) is 11.5 Å². The van der Waals surface area contributed by atoms with Gasteiger partial charge in [0.25, 0.3) is 0 Å². The molecule has 1 aromatic rings. The van der Waals surface area contributed by atoms with E-state index in [0.29, 0.717) is 12.0 Å². The molecular weight excluding hydrogens is 470 g/mol. The summed E-state index contributed by atoms with van der Waals surface area (Å²) >= 11 is 0. The second-order valence-corrected chi connectivity index (χ2v) is 10.5. The molecule has 0 aromatic heterocycles. The van der Waals surface area contributed by atoms with Gasteiger partial charge in [0.05, 0.1) is 17.4 Å². The molecule has 0 saturated heterocycles. The van der Waals surface area contributed by atoms with Crippen LogP contribution in [-0.2, 0) is 35.0 Å². The number of benzene rings is 1. The summed E-state index contributed by atoms with van der Waals surface area (Å²) in [6.45, 7) is 13.7. The van der Waals surface area contributed by atoms with Crippen LogP contribution in [-0.4, -0.2) is 49.4 Å². The zero-order chi connectivity index (χ0) is 27.7. The second kappa shape index (κ2) is 13.2. The summed E-state index contributed by atoms with van der Waals surface area (Å²) in [4.78, 5) is 48.7. The monoisotopic (exact) mass is 509 g/mol. The van der Waals surface area contributed by atoms with Gasteiger partial charge in [0.2, 0.25) is 0 Å². The van der Waals surface area contributed by atoms with E-state index in [9.17, 15) is 19.2 Å². The SMILES string of the molecule is CCCOC(=O)OC[C@H](C)OC(=O)[C@@H](N)Cc1ccc(OC(=O)C(C)(C)C)c(OC(=O)C(C)(C)C)c1. The molecule has 0 aliphatic carbocycles. The van der Waals surface area contributed by atoms with Crippen molar-refractivity contribution in [2.24, 2.45) is 16.6 Å². The molecule has 10 nitrogen and oxygen atoms in total. The Labute approximate surface area is 212 Å². The first kappa shape index (κ1) is 30.9. The van der Waals surface area contributed by atoms with E-state index in [1.807, 2.05) is 6.92 Å². The molecule has 0 radical (unpaired) electrons. The molecule has 202 valence electrons. The van der Waals surface area contributed by atoms with Crippen LogP contribution in [0.5, 0.6) is 11.5 Å². The second-order valence-electron chi connectivity index (χ2n) is 10.5. The van der Waals surface area contributed by atoms with Crippen molar-refractivity contribution >= 4 is 24.1 Å². The summed E-state index contributed by atoms with van der Waals surface area (Å²) in [6, 6.07) is 3.55. The van der Waals surface area contributed by atoms with Crippen LogP contribution in [0.2, 0.25) is 0 Å². The first-order chi connectivity index (χ1) is 16.5. The predicted octanol–water partition coefficient (Wildman–Crippen LogP) is 3.95. The number of carbonyl (C=O) groups excluding carboxylic acids is 4. The number of rotatable bonds is 10. The number of carbonyl (C=O) groups is 4. The van der Waals surface area contributed by atoms with Crippen molar-refractivity contribution in [3.63, 3.8) is 0 Å². The van der Waals surface area contributed by atoms with Crippen LogP contribution in [0.25, 0.3) is 0 Å². The Morgan fingerprint density at radius 3 is 1.97 bits per heavy atom. The third-order valence-corrected chi connectivity index (χ3v) is 4.57. The van der Waals surface area contributed by atoms with Crippen LogP contribution >= 0.6 is 0 Å². The maximum absolute atomic E-state index is 12.5. The summed E-state index contributed by atoms with van der Waals surface area (Å²) in [5.41, 5.74) is 4.99. The lowest BCUT2D eigenvalue weighted by Gasteiger charge is -2.21. The topological polar surface area (TPSA) is 140 Å². The van der Waals surface area contributed by atoms with E-state index in [1.54, 1.807) is 54.5 Å². The van der Waals surface area contributed by atoms with Crippen LogP contribution in [0.4, 0.5) is 4.79 Å². The third kappa shape index (κ3) is 10.6. The standard InChI is InChI=1S/C26H39NO9/c1-9-12-32-24(31)33-15-16(2)34-21(28)18(27)13-17-10-11-19(35-22(29)25(3,4)5)20(14-17)36-23(30)26(6,7)8/h10-11,14,16,18H,9,12-13,15,27H2,1-8H3/t16-,18-/m0/s1. The van der Waals surface area contributed by atoms with Crippen molar-refractivity contribution in [1.82, 2.24) is 0 Å². The fraction of sp³-hybridized carbons (Fsp3) is 0.615. The van der Waals surface area contributed by atoms with Crippen molar-refractivity contribution < 1.29 is 42.9 Å². The van der Waals surface area contributed by atoms with Gasteiger partial charge in [0.1, 0.15) is 18.8 Å². The van der Waals surface area contributed by atoms with Crippen LogP contribution in [0.15, 0.2) is 18.2 Å². The molecule has 36 heavy (non-hydrogen) atoms. The van der Waals surface area contributed by atoms with E-state index in [-0.39, 0.29) is 31.1 Å². The molecule has 0 aliphatic rings. The number of nitrogens with two attached hydrogens (primary N) is 1. The smallest absolute Gasteiger partial charge is 0.458 e. The predicted molar refractivity (Wildman–Crippen MR) is 131 cm³/mol. The van der Waals surface area contributed by atoms with E-state index in [4.69, 9.17) is 29.4 Å². The zero-order valence-electron chi connectivity index (χ0n) is 22.5. The first-order valence-electron chi connectivity index (χ1n) is 11.9. The lowest BCUT2D eigenvalue weighted by Crippen LogP contribution is -2.37. The van der Waals surface area contributed by atoms with Crippen LogP contribution in [0.1, 0.15) is 67.4 Å². The van der Waals surface area contributed by atoms with Crippen molar-refractivity contribution in [2.45, 2.75) is 80.4 Å². The minimum Gasteiger partial charge on any atom is -0.458 e. The van der Waals surface area contributed by atoms with Crippen molar-refractivity contribution in [1.29, 1.82) is 0 Å². The molecule has 0 amide bonds. The highest BCUT2D eigenvalue weighted by Gasteiger charge is 2.29. The summed E-state index contributed by atoms with van der Waals surface area (Å²) in [7, 11) is 0. The van der Waals surface area contributed by atoms with E-state index in [1.165, 1.54) is 12.1 Å². The van der Waals surface area contributed by atoms with Gasteiger partial charge in [-0.2, -0.15) is 0 Å². The van der Waals surface area contributed by atoms with Gasteiger partial charge in [0, 0.05) is 0 Å². The van der Waals surface area contributed by atoms with E-state index in [0.717, 1.165) is 0 Å². The van der Waals surface area contributed by atoms with Gasteiger partial charge in [-0.15, -0.1) is 0 Å². The van der Waals surface area contributed by atoms with Crippen molar-refractivity contribution in [3.05, 3.63) is 23.8 Å². The highest BCUT2D eigenvalue weighted by molar-refractivity contribution is 5.81. The molecule has 1 aromatic carbocycles. The Kier molecular flexibility index (Phi) is 11.4. The highest BCUT2D eigenvalue weighted by atomic mass is 16.7. The molecule has 0 spiro atoms. The molecule has 0 fully saturated rings. The molecule has 10 heteroatoms. The Balaban J connectivity index is 2.92. The average molecular weight is 510 g/mol. The summed E-state index contributed by atoms with van der Waals surface area (Å²) < 4.78 is 25.9. The molecule has 0 unspecified atom stereocenters. The zero-order valence-corrected chi connectivity index (χ0v) is 22.5. The Morgan fingerprint density at radius 1 is 0.889 bits per heavy atom. The Morgan fingerprint density at radius 2 is 1.44 bits per heavy atom. The number of hydrogen-bond donors (Lipinski definition) is 1. The van der Waals surface area contributed by atoms with E-state index >= 15 is 0 Å². The minimum atomic E-state index is -1.05. The Bertz CT molecular complexity index is 928. The maximum atomic E-state index is 12.5. The fourth-order valence-electron chi connectivity index (χ4n) is 2.42. The molecule has 0 aliphatic heterocycles. The first-order valence-corrected chi connectivity index (χ1v) is 11.9. The molecule has 2 N–H and O–H groups in total. The lowest BCUT2D eigenvalue weighted by atomic mass is 9.97. The molecule has 2 atom stereocenters. The minimum absolute atomic E-state index is 0.0398. The van der Waals surface area contributed by atoms with Gasteiger partial charge < -0.3 is 29.4 Å². The van der Waals surface area contributed by atoms with E-state index < -0.39 is 47.0 Å². The summed E-state index contributed by atoms with van der Waals surface area (Å²) in [6.07, 6.45) is -0.863. The molecule has 1 rings (SSSR count). The number of esters is 3. The van der Waals surface area contributed by atoms with Crippen molar-refractivity contribution in [3.8, 4) is 11.5 Å². The van der Waals surface area contributed by atoms with Crippen LogP contribution in [0, 0.1) is 10.8 Å². The quantitative estimate of drug-likeness (QED) is 0.364. The highest BCUT2D eigenvalue weighted by Crippen LogP contribution is 2.33. The van der Waals surface area contributed by atoms with E-state index in [2.05, 4.69) is 0 Å². The van der Waals surface area contributed by atoms with Crippen molar-refractivity contribution in [2.75, 3.05) is 13.2 Å². The van der Waals surface area contributed by atoms with Gasteiger partial charge in [-0.05, 0) is 79.0 Å². The number of hydrogen-bond acceptors (Lipinski definition) is 10. The molecular formula is C26H39NO9. The number of ether oxygens (including phenoxy) is 5. The van der Waals surface area contributed by atoms with Gasteiger partial charge in [-0.25, -0.2) is 4.79 Å². The van der Waals surface area contributed by atoms with Crippen LogP contribution < -0.4 is 15.2 Å².